The van der Waals surface area contributed by atoms with Gasteiger partial charge in [-0.2, -0.15) is 5.26 Å². The van der Waals surface area contributed by atoms with Crippen LogP contribution < -0.4 is 5.32 Å². The Kier molecular flexibility index (Phi) is 4.01. The molecule has 0 bridgehead atoms. The van der Waals surface area contributed by atoms with Crippen molar-refractivity contribution >= 4 is 33.0 Å². The summed E-state index contributed by atoms with van der Waals surface area (Å²) >= 11 is 1.28. The van der Waals surface area contributed by atoms with Crippen molar-refractivity contribution in [1.29, 1.82) is 5.26 Å². The molecule has 1 aromatic carbocycles. The number of nitrogens with zero attached hydrogens (tertiary/aromatic N) is 2. The molecule has 1 aromatic heterocycles. The predicted octanol–water partition coefficient (Wildman–Crippen LogP) is 3.77. The van der Waals surface area contributed by atoms with Crippen LogP contribution >= 0.6 is 11.3 Å². The maximum absolute atomic E-state index is 12.5. The minimum atomic E-state index is -0.780. The molecule has 0 spiro atoms. The Morgan fingerprint density at radius 2 is 2.04 bits per heavy atom. The number of amides is 1. The lowest BCUT2D eigenvalue weighted by molar-refractivity contribution is -0.384. The fraction of sp³-hybridized carbons (Fsp3) is 0.375. The van der Waals surface area contributed by atoms with E-state index in [9.17, 15) is 20.2 Å². The molecule has 2 aromatic rings. The van der Waals surface area contributed by atoms with Crippen LogP contribution in [0.15, 0.2) is 24.3 Å². The van der Waals surface area contributed by atoms with Crippen molar-refractivity contribution in [2.24, 2.45) is 0 Å². The first-order valence-electron chi connectivity index (χ1n) is 7.45. The van der Waals surface area contributed by atoms with Crippen LogP contribution in [0.3, 0.4) is 0 Å². The third kappa shape index (κ3) is 3.03. The summed E-state index contributed by atoms with van der Waals surface area (Å²) in [7, 11) is 0. The number of nitro benzene ring substituents is 1. The van der Waals surface area contributed by atoms with Gasteiger partial charge in [-0.15, -0.1) is 11.3 Å². The topological polar surface area (TPSA) is 96.0 Å². The summed E-state index contributed by atoms with van der Waals surface area (Å²) in [6.45, 7) is 0. The summed E-state index contributed by atoms with van der Waals surface area (Å²) < 4.78 is 0.815. The minimum absolute atomic E-state index is 0.00281. The summed E-state index contributed by atoms with van der Waals surface area (Å²) in [4.78, 5) is 23.3. The third-order valence-electron chi connectivity index (χ3n) is 4.21. The molecule has 1 N–H and O–H groups in total. The van der Waals surface area contributed by atoms with E-state index in [0.717, 1.165) is 24.0 Å². The Morgan fingerprint density at radius 3 is 2.70 bits per heavy atom. The molecule has 6 nitrogen and oxygen atoms in total. The average Bonchev–Trinajstić information content (AvgIpc) is 2.99. The zero-order chi connectivity index (χ0) is 16.4. The molecule has 7 heteroatoms. The van der Waals surface area contributed by atoms with E-state index in [4.69, 9.17) is 0 Å². The van der Waals surface area contributed by atoms with Crippen molar-refractivity contribution < 1.29 is 9.72 Å². The van der Waals surface area contributed by atoms with Gasteiger partial charge in [0, 0.05) is 22.2 Å². The van der Waals surface area contributed by atoms with Crippen LogP contribution in [0.4, 0.5) is 5.69 Å². The van der Waals surface area contributed by atoms with Gasteiger partial charge in [0.05, 0.1) is 15.9 Å². The van der Waals surface area contributed by atoms with Gasteiger partial charge in [-0.1, -0.05) is 19.3 Å². The summed E-state index contributed by atoms with van der Waals surface area (Å²) in [5, 5.41) is 23.8. The van der Waals surface area contributed by atoms with E-state index in [1.165, 1.54) is 23.5 Å². The number of nitro groups is 1. The molecular weight excluding hydrogens is 314 g/mol. The maximum Gasteiger partial charge on any atom is 0.270 e. The normalized spacial score (nSPS) is 16.7. The molecule has 118 valence electrons. The van der Waals surface area contributed by atoms with E-state index in [-0.39, 0.29) is 11.6 Å². The Hall–Kier alpha value is -2.46. The van der Waals surface area contributed by atoms with Gasteiger partial charge >= 0.3 is 0 Å². The van der Waals surface area contributed by atoms with E-state index < -0.39 is 10.5 Å². The molecule has 1 aliphatic rings. The van der Waals surface area contributed by atoms with Crippen molar-refractivity contribution in [3.63, 3.8) is 0 Å². The molecule has 0 unspecified atom stereocenters. The Bertz CT molecular complexity index is 816. The Morgan fingerprint density at radius 1 is 1.30 bits per heavy atom. The molecule has 0 saturated heterocycles. The van der Waals surface area contributed by atoms with Gasteiger partial charge < -0.3 is 5.32 Å². The number of fused-ring (bicyclic) bond motifs is 1. The molecule has 0 aliphatic heterocycles. The highest BCUT2D eigenvalue weighted by Crippen LogP contribution is 2.31. The van der Waals surface area contributed by atoms with Crippen LogP contribution in [0, 0.1) is 21.4 Å². The van der Waals surface area contributed by atoms with Crippen LogP contribution in [0.5, 0.6) is 0 Å². The monoisotopic (exact) mass is 329 g/mol. The fourth-order valence-electron chi connectivity index (χ4n) is 2.96. The van der Waals surface area contributed by atoms with E-state index in [0.29, 0.717) is 23.1 Å². The molecule has 1 fully saturated rings. The number of benzene rings is 1. The van der Waals surface area contributed by atoms with E-state index in [1.807, 2.05) is 0 Å². The molecule has 1 heterocycles. The second-order valence-electron chi connectivity index (χ2n) is 5.80. The number of nitriles is 1. The first-order valence-corrected chi connectivity index (χ1v) is 8.26. The highest BCUT2D eigenvalue weighted by atomic mass is 32.1. The molecule has 3 rings (SSSR count). The van der Waals surface area contributed by atoms with Crippen LogP contribution in [-0.2, 0) is 0 Å². The van der Waals surface area contributed by atoms with Gasteiger partial charge in [0.15, 0.2) is 0 Å². The zero-order valence-electron chi connectivity index (χ0n) is 12.4. The first kappa shape index (κ1) is 15.4. The van der Waals surface area contributed by atoms with Crippen molar-refractivity contribution in [2.45, 2.75) is 37.6 Å². The van der Waals surface area contributed by atoms with Crippen LogP contribution in [-0.4, -0.2) is 16.4 Å². The highest BCUT2D eigenvalue weighted by Gasteiger charge is 2.34. The second kappa shape index (κ2) is 5.97. The van der Waals surface area contributed by atoms with Gasteiger partial charge in [-0.25, -0.2) is 0 Å². The van der Waals surface area contributed by atoms with Gasteiger partial charge in [0.1, 0.15) is 5.54 Å². The highest BCUT2D eigenvalue weighted by molar-refractivity contribution is 7.20. The number of carbonyl (C=O) groups is 1. The van der Waals surface area contributed by atoms with E-state index in [1.54, 1.807) is 12.1 Å². The third-order valence-corrected chi connectivity index (χ3v) is 5.32. The lowest BCUT2D eigenvalue weighted by atomic mass is 9.83. The number of non-ortho nitro benzene ring substituents is 1. The maximum atomic E-state index is 12.5. The van der Waals surface area contributed by atoms with Crippen molar-refractivity contribution in [3.05, 3.63) is 39.3 Å². The standard InChI is InChI=1S/C16H15N3O3S/c17-10-16(6-2-1-3-7-16)18-15(20)14-9-11-8-12(19(21)22)4-5-13(11)23-14/h4-5,8-9H,1-3,6-7H2,(H,18,20). The number of hydrogen-bond acceptors (Lipinski definition) is 5. The second-order valence-corrected chi connectivity index (χ2v) is 6.88. The van der Waals surface area contributed by atoms with Gasteiger partial charge in [0.25, 0.3) is 11.6 Å². The SMILES string of the molecule is N#CC1(NC(=O)c2cc3cc([N+](=O)[O-])ccc3s2)CCCCC1. The molecule has 23 heavy (non-hydrogen) atoms. The number of carbonyl (C=O) groups excluding carboxylic acids is 1. The first-order chi connectivity index (χ1) is 11.0. The van der Waals surface area contributed by atoms with Gasteiger partial charge in [-0.05, 0) is 25.0 Å². The fourth-order valence-corrected chi connectivity index (χ4v) is 3.89. The van der Waals surface area contributed by atoms with Crippen molar-refractivity contribution in [3.8, 4) is 6.07 Å². The molecule has 0 radical (unpaired) electrons. The van der Waals surface area contributed by atoms with Gasteiger partial charge in [0.2, 0.25) is 0 Å². The number of nitrogens with one attached hydrogen (secondary N) is 1. The number of rotatable bonds is 3. The Balaban J connectivity index is 1.86. The zero-order valence-corrected chi connectivity index (χ0v) is 13.2. The Labute approximate surface area is 136 Å². The molecule has 0 atom stereocenters. The summed E-state index contributed by atoms with van der Waals surface area (Å²) in [6.07, 6.45) is 4.31. The quantitative estimate of drug-likeness (QED) is 0.685. The number of thiophene rings is 1. The predicted molar refractivity (Wildman–Crippen MR) is 87.4 cm³/mol. The largest absolute Gasteiger partial charge is 0.333 e. The van der Waals surface area contributed by atoms with Crippen molar-refractivity contribution in [1.82, 2.24) is 5.32 Å². The lowest BCUT2D eigenvalue weighted by Gasteiger charge is -2.31. The summed E-state index contributed by atoms with van der Waals surface area (Å²) in [5.41, 5.74) is -0.777. The lowest BCUT2D eigenvalue weighted by Crippen LogP contribution is -2.48. The number of hydrogen-bond donors (Lipinski definition) is 1. The molecule has 1 saturated carbocycles. The smallest absolute Gasteiger partial charge is 0.270 e. The van der Waals surface area contributed by atoms with Crippen LogP contribution in [0.1, 0.15) is 41.8 Å². The van der Waals surface area contributed by atoms with Crippen LogP contribution in [0.25, 0.3) is 10.1 Å². The van der Waals surface area contributed by atoms with Crippen LogP contribution in [0.2, 0.25) is 0 Å². The molecule has 1 aliphatic carbocycles. The van der Waals surface area contributed by atoms with E-state index >= 15 is 0 Å². The summed E-state index contributed by atoms with van der Waals surface area (Å²) in [5.74, 6) is -0.280. The molecule has 1 amide bonds. The van der Waals surface area contributed by atoms with Crippen molar-refractivity contribution in [2.75, 3.05) is 0 Å². The minimum Gasteiger partial charge on any atom is -0.333 e. The van der Waals surface area contributed by atoms with Gasteiger partial charge in [-0.3, -0.25) is 14.9 Å². The van der Waals surface area contributed by atoms with E-state index in [2.05, 4.69) is 11.4 Å². The summed E-state index contributed by atoms with van der Waals surface area (Å²) in [6, 6.07) is 8.45. The average molecular weight is 329 g/mol. The molecular formula is C16H15N3O3S.